The highest BCUT2D eigenvalue weighted by atomic mass is 32.1. The topological polar surface area (TPSA) is 8.17 Å². The minimum atomic E-state index is 1.10. The Balaban J connectivity index is 1.02. The number of benzene rings is 10. The van der Waals surface area contributed by atoms with Gasteiger partial charge in [-0.05, 0) is 93.2 Å². The summed E-state index contributed by atoms with van der Waals surface area (Å²) in [7, 11) is 0. The number of hydrogen-bond acceptors (Lipinski definition) is 2. The van der Waals surface area contributed by atoms with E-state index in [4.69, 9.17) is 0 Å². The summed E-state index contributed by atoms with van der Waals surface area (Å²) in [5, 5.41) is 7.60. The molecule has 0 aliphatic rings. The van der Waals surface area contributed by atoms with E-state index in [1.54, 1.807) is 0 Å². The first-order valence-corrected chi connectivity index (χ1v) is 21.7. The third-order valence-electron chi connectivity index (χ3n) is 12.2. The van der Waals surface area contributed by atoms with Crippen LogP contribution in [0.1, 0.15) is 0 Å². The van der Waals surface area contributed by atoms with E-state index < -0.39 is 0 Å². The van der Waals surface area contributed by atoms with Crippen LogP contribution < -0.4 is 4.90 Å². The molecule has 0 aliphatic heterocycles. The third kappa shape index (κ3) is 5.85. The highest BCUT2D eigenvalue weighted by Gasteiger charge is 2.22. The normalized spacial score (nSPS) is 11.6. The molecule has 3 heteroatoms. The number of hydrogen-bond donors (Lipinski definition) is 0. The predicted octanol–water partition coefficient (Wildman–Crippen LogP) is 16.8. The smallest absolute Gasteiger partial charge is 0.0640 e. The number of nitrogens with zero attached hydrogens (tertiary/aromatic N) is 2. The van der Waals surface area contributed by atoms with Crippen LogP contribution >= 0.6 is 11.3 Å². The molecule has 0 amide bonds. The van der Waals surface area contributed by atoms with Gasteiger partial charge in [-0.25, -0.2) is 0 Å². The van der Waals surface area contributed by atoms with Crippen LogP contribution in [0.5, 0.6) is 0 Å². The van der Waals surface area contributed by atoms with E-state index in [0.29, 0.717) is 0 Å². The first-order chi connectivity index (χ1) is 30.3. The fourth-order valence-electron chi connectivity index (χ4n) is 9.45. The molecular formula is C58H38N2S. The second-order valence-corrected chi connectivity index (χ2v) is 16.7. The van der Waals surface area contributed by atoms with Crippen LogP contribution in [0.3, 0.4) is 0 Å². The second kappa shape index (κ2) is 14.5. The summed E-state index contributed by atoms with van der Waals surface area (Å²) in [5.41, 5.74) is 14.2. The summed E-state index contributed by atoms with van der Waals surface area (Å²) in [4.78, 5) is 2.47. The molecule has 0 saturated carbocycles. The second-order valence-electron chi connectivity index (χ2n) is 15.6. The zero-order chi connectivity index (χ0) is 40.3. The quantitative estimate of drug-likeness (QED) is 0.156. The van der Waals surface area contributed by atoms with Crippen molar-refractivity contribution in [2.45, 2.75) is 0 Å². The molecule has 0 saturated heterocycles. The van der Waals surface area contributed by atoms with Crippen LogP contribution in [-0.2, 0) is 0 Å². The maximum Gasteiger partial charge on any atom is 0.0640 e. The van der Waals surface area contributed by atoms with E-state index in [-0.39, 0.29) is 0 Å². The molecule has 12 aromatic rings. The van der Waals surface area contributed by atoms with Crippen molar-refractivity contribution in [2.24, 2.45) is 0 Å². The van der Waals surface area contributed by atoms with Crippen LogP contribution in [0.15, 0.2) is 231 Å². The van der Waals surface area contributed by atoms with Gasteiger partial charge in [0, 0.05) is 43.2 Å². The fraction of sp³-hybridized carbons (Fsp3) is 0. The fourth-order valence-corrected chi connectivity index (χ4v) is 10.7. The van der Waals surface area contributed by atoms with E-state index in [1.807, 2.05) is 11.3 Å². The Bertz CT molecular complexity index is 3520. The van der Waals surface area contributed by atoms with E-state index in [0.717, 1.165) is 28.3 Å². The predicted molar refractivity (Wildman–Crippen MR) is 262 cm³/mol. The Morgan fingerprint density at radius 3 is 1.57 bits per heavy atom. The molecule has 0 spiro atoms. The average Bonchev–Trinajstić information content (AvgIpc) is 3.89. The largest absolute Gasteiger partial charge is 0.309 e. The Hall–Kier alpha value is -7.72. The molecule has 286 valence electrons. The van der Waals surface area contributed by atoms with E-state index in [2.05, 4.69) is 240 Å². The molecule has 61 heavy (non-hydrogen) atoms. The number of rotatable bonds is 7. The minimum Gasteiger partial charge on any atom is -0.309 e. The Morgan fingerprint density at radius 2 is 0.852 bits per heavy atom. The number of fused-ring (bicyclic) bond motifs is 7. The lowest BCUT2D eigenvalue weighted by molar-refractivity contribution is 1.18. The summed E-state index contributed by atoms with van der Waals surface area (Å²) >= 11 is 1.87. The monoisotopic (exact) mass is 794 g/mol. The van der Waals surface area contributed by atoms with Crippen molar-refractivity contribution in [3.8, 4) is 39.1 Å². The van der Waals surface area contributed by atoms with Crippen LogP contribution in [0.25, 0.3) is 91.8 Å². The maximum atomic E-state index is 2.47. The molecule has 0 N–H and O–H groups in total. The van der Waals surface area contributed by atoms with Crippen LogP contribution in [0.2, 0.25) is 0 Å². The van der Waals surface area contributed by atoms with Gasteiger partial charge in [-0.3, -0.25) is 0 Å². The van der Waals surface area contributed by atoms with Gasteiger partial charge in [-0.15, -0.1) is 11.3 Å². The summed E-state index contributed by atoms with van der Waals surface area (Å²) in [6.07, 6.45) is 0. The van der Waals surface area contributed by atoms with Crippen molar-refractivity contribution < 1.29 is 0 Å². The molecule has 2 nitrogen and oxygen atoms in total. The minimum absolute atomic E-state index is 1.10. The summed E-state index contributed by atoms with van der Waals surface area (Å²) in [5.74, 6) is 0. The van der Waals surface area contributed by atoms with Crippen LogP contribution in [0.4, 0.5) is 17.1 Å². The van der Waals surface area contributed by atoms with Gasteiger partial charge in [0.25, 0.3) is 0 Å². The van der Waals surface area contributed by atoms with Crippen molar-refractivity contribution in [3.63, 3.8) is 0 Å². The molecule has 0 fully saturated rings. The number of aromatic nitrogens is 1. The highest BCUT2D eigenvalue weighted by Crippen LogP contribution is 2.48. The third-order valence-corrected chi connectivity index (χ3v) is 13.4. The molecule has 0 aliphatic carbocycles. The van der Waals surface area contributed by atoms with Crippen molar-refractivity contribution >= 4 is 81.1 Å². The van der Waals surface area contributed by atoms with Gasteiger partial charge in [0.1, 0.15) is 0 Å². The number of anilines is 3. The molecule has 0 radical (unpaired) electrons. The lowest BCUT2D eigenvalue weighted by atomic mass is 9.91. The zero-order valence-corrected chi connectivity index (χ0v) is 34.1. The van der Waals surface area contributed by atoms with Gasteiger partial charge in [-0.1, -0.05) is 176 Å². The molecule has 2 aromatic heterocycles. The van der Waals surface area contributed by atoms with Gasteiger partial charge >= 0.3 is 0 Å². The number of thiophene rings is 1. The molecule has 12 rings (SSSR count). The lowest BCUT2D eigenvalue weighted by Gasteiger charge is -2.28. The van der Waals surface area contributed by atoms with Gasteiger partial charge < -0.3 is 9.47 Å². The van der Waals surface area contributed by atoms with Gasteiger partial charge in [0.05, 0.1) is 27.1 Å². The van der Waals surface area contributed by atoms with E-state index in [9.17, 15) is 0 Å². The molecule has 0 atom stereocenters. The molecular weight excluding hydrogens is 757 g/mol. The zero-order valence-electron chi connectivity index (χ0n) is 33.2. The summed E-state index contributed by atoms with van der Waals surface area (Å²) in [6.45, 7) is 0. The van der Waals surface area contributed by atoms with Crippen LogP contribution in [0, 0.1) is 0 Å². The summed E-state index contributed by atoms with van der Waals surface area (Å²) in [6, 6.07) is 84.1. The maximum absolute atomic E-state index is 2.47. The van der Waals surface area contributed by atoms with Crippen LogP contribution in [-0.4, -0.2) is 4.57 Å². The van der Waals surface area contributed by atoms with Crippen molar-refractivity contribution in [1.29, 1.82) is 0 Å². The molecule has 0 bridgehead atoms. The standard InChI is InChI=1S/C58H38N2S/c1-2-15-39(16-3-1)46-23-12-17-42-18-13-24-47(57(42)46)41-33-37-44(38-34-41)60(55-29-14-25-51-50-22-7-11-30-56(50)61-58(51)55)52-26-8-4-19-45(52)40-31-35-43(36-32-40)59-53-27-9-5-20-48(53)49-21-6-10-28-54(49)59/h1-38H. The van der Waals surface area contributed by atoms with Crippen molar-refractivity contribution in [3.05, 3.63) is 231 Å². The average molecular weight is 795 g/mol. The SMILES string of the molecule is c1ccc(-c2cccc3cccc(-c4ccc(N(c5ccccc5-c5ccc(-n6c7ccccc7c7ccccc76)cc5)c5cccc6c5sc5ccccc56)cc4)c23)cc1. The highest BCUT2D eigenvalue weighted by molar-refractivity contribution is 7.26. The van der Waals surface area contributed by atoms with Crippen molar-refractivity contribution in [2.75, 3.05) is 4.90 Å². The lowest BCUT2D eigenvalue weighted by Crippen LogP contribution is -2.11. The molecule has 10 aromatic carbocycles. The number of para-hydroxylation sites is 3. The van der Waals surface area contributed by atoms with E-state index in [1.165, 1.54) is 80.6 Å². The van der Waals surface area contributed by atoms with Crippen molar-refractivity contribution in [1.82, 2.24) is 4.57 Å². The Kier molecular flexibility index (Phi) is 8.39. The van der Waals surface area contributed by atoms with Gasteiger partial charge in [0.2, 0.25) is 0 Å². The van der Waals surface area contributed by atoms with Gasteiger partial charge in [0.15, 0.2) is 0 Å². The molecule has 0 unspecified atom stereocenters. The first kappa shape index (κ1) is 35.2. The Labute approximate surface area is 358 Å². The van der Waals surface area contributed by atoms with E-state index >= 15 is 0 Å². The first-order valence-electron chi connectivity index (χ1n) is 20.8. The van der Waals surface area contributed by atoms with Gasteiger partial charge in [-0.2, -0.15) is 0 Å². The Morgan fingerprint density at radius 1 is 0.344 bits per heavy atom. The molecule has 2 heterocycles. The summed E-state index contributed by atoms with van der Waals surface area (Å²) < 4.78 is 4.94.